The number of rotatable bonds is 3. The molecule has 0 unspecified atom stereocenters. The maximum absolute atomic E-state index is 12.0. The van der Waals surface area contributed by atoms with Crippen LogP contribution in [-0.2, 0) is 14.6 Å². The number of amides is 1. The number of fused-ring (bicyclic) bond motifs is 1. The predicted octanol–water partition coefficient (Wildman–Crippen LogP) is 2.19. The molecule has 2 heterocycles. The first-order chi connectivity index (χ1) is 11.3. The Hall–Kier alpha value is -0.960. The number of carbonyl (C=O) groups is 1. The third-order valence-electron chi connectivity index (χ3n) is 3.81. The normalized spacial score (nSPS) is 26.6. The van der Waals surface area contributed by atoms with Crippen LogP contribution < -0.4 is 9.64 Å². The molecule has 0 spiro atoms. The van der Waals surface area contributed by atoms with Crippen LogP contribution in [0, 0.1) is 0 Å². The Morgan fingerprint density at radius 3 is 2.83 bits per heavy atom. The van der Waals surface area contributed by atoms with Gasteiger partial charge in [-0.3, -0.25) is 4.79 Å². The van der Waals surface area contributed by atoms with Crippen LogP contribution in [0.2, 0.25) is 5.02 Å². The van der Waals surface area contributed by atoms with E-state index in [-0.39, 0.29) is 28.7 Å². The van der Waals surface area contributed by atoms with Crippen LogP contribution in [0.5, 0.6) is 5.75 Å². The SMILES string of the molecule is COc1ccc(N2C(=NC(=O)CCl)S[C@H]3CS(=O)(=O)C[C@H]32)cc1Cl. The lowest BCUT2D eigenvalue weighted by Crippen LogP contribution is -2.37. The number of hydrogen-bond donors (Lipinski definition) is 0. The summed E-state index contributed by atoms with van der Waals surface area (Å²) in [6.07, 6.45) is 0. The zero-order valence-electron chi connectivity index (χ0n) is 12.6. The van der Waals surface area contributed by atoms with Crippen LogP contribution in [0.15, 0.2) is 23.2 Å². The zero-order chi connectivity index (χ0) is 17.5. The number of sulfone groups is 1. The highest BCUT2D eigenvalue weighted by molar-refractivity contribution is 8.16. The van der Waals surface area contributed by atoms with Gasteiger partial charge >= 0.3 is 0 Å². The third-order valence-corrected chi connectivity index (χ3v) is 7.55. The molecule has 3 rings (SSSR count). The summed E-state index contributed by atoms with van der Waals surface area (Å²) in [5.41, 5.74) is 0.666. The van der Waals surface area contributed by atoms with Crippen molar-refractivity contribution in [3.8, 4) is 5.75 Å². The maximum Gasteiger partial charge on any atom is 0.262 e. The Morgan fingerprint density at radius 2 is 2.21 bits per heavy atom. The van der Waals surface area contributed by atoms with E-state index in [4.69, 9.17) is 27.9 Å². The Bertz CT molecular complexity index is 813. The number of carbonyl (C=O) groups excluding carboxylic acids is 1. The number of anilines is 1. The molecule has 1 amide bonds. The maximum atomic E-state index is 12.0. The number of alkyl halides is 1. The van der Waals surface area contributed by atoms with Gasteiger partial charge in [-0.2, -0.15) is 4.99 Å². The minimum atomic E-state index is -3.11. The first-order valence-electron chi connectivity index (χ1n) is 7.02. The molecule has 1 aromatic carbocycles. The fraction of sp³-hybridized carbons (Fsp3) is 0.429. The number of ether oxygens (including phenoxy) is 1. The van der Waals surface area contributed by atoms with Crippen LogP contribution >= 0.6 is 35.0 Å². The van der Waals surface area contributed by atoms with Crippen molar-refractivity contribution in [1.82, 2.24) is 0 Å². The highest BCUT2D eigenvalue weighted by Gasteiger charge is 2.49. The van der Waals surface area contributed by atoms with Gasteiger partial charge in [0.15, 0.2) is 15.0 Å². The summed E-state index contributed by atoms with van der Waals surface area (Å²) < 4.78 is 29.1. The highest BCUT2D eigenvalue weighted by atomic mass is 35.5. The van der Waals surface area contributed by atoms with Crippen LogP contribution in [0.3, 0.4) is 0 Å². The lowest BCUT2D eigenvalue weighted by atomic mass is 10.2. The smallest absolute Gasteiger partial charge is 0.262 e. The van der Waals surface area contributed by atoms with Gasteiger partial charge in [-0.1, -0.05) is 23.4 Å². The Kier molecular flexibility index (Phi) is 5.01. The molecule has 0 N–H and O–H groups in total. The summed E-state index contributed by atoms with van der Waals surface area (Å²) in [6.45, 7) is 0. The fourth-order valence-electron chi connectivity index (χ4n) is 2.81. The van der Waals surface area contributed by atoms with Gasteiger partial charge in [0, 0.05) is 10.9 Å². The lowest BCUT2D eigenvalue weighted by molar-refractivity contribution is -0.115. The van der Waals surface area contributed by atoms with Crippen molar-refractivity contribution in [1.29, 1.82) is 0 Å². The van der Waals surface area contributed by atoms with E-state index in [1.54, 1.807) is 23.1 Å². The van der Waals surface area contributed by atoms with Gasteiger partial charge in [-0.25, -0.2) is 8.42 Å². The molecule has 10 heteroatoms. The summed E-state index contributed by atoms with van der Waals surface area (Å²) in [5, 5.41) is 0.678. The topological polar surface area (TPSA) is 76.0 Å². The monoisotopic (exact) mass is 408 g/mol. The molecule has 0 aliphatic carbocycles. The summed E-state index contributed by atoms with van der Waals surface area (Å²) >= 11 is 13.0. The highest BCUT2D eigenvalue weighted by Crippen LogP contribution is 2.42. The van der Waals surface area contributed by atoms with Crippen molar-refractivity contribution in [3.63, 3.8) is 0 Å². The van der Waals surface area contributed by atoms with Crippen molar-refractivity contribution < 1.29 is 17.9 Å². The largest absolute Gasteiger partial charge is 0.495 e. The second-order valence-corrected chi connectivity index (χ2v) is 9.45. The van der Waals surface area contributed by atoms with Crippen LogP contribution in [0.1, 0.15) is 0 Å². The van der Waals surface area contributed by atoms with Gasteiger partial charge in [-0.05, 0) is 18.2 Å². The molecular weight excluding hydrogens is 395 g/mol. The molecule has 2 aliphatic heterocycles. The van der Waals surface area contributed by atoms with Gasteiger partial charge in [-0.15, -0.1) is 11.6 Å². The number of benzene rings is 1. The second kappa shape index (κ2) is 6.74. The number of amidine groups is 1. The average molecular weight is 409 g/mol. The molecule has 0 aromatic heterocycles. The second-order valence-electron chi connectivity index (χ2n) is 5.41. The molecule has 2 fully saturated rings. The van der Waals surface area contributed by atoms with E-state index in [0.29, 0.717) is 21.6 Å². The first-order valence-corrected chi connectivity index (χ1v) is 10.6. The molecule has 0 saturated carbocycles. The predicted molar refractivity (Wildman–Crippen MR) is 97.5 cm³/mol. The number of methoxy groups -OCH3 is 1. The van der Waals surface area contributed by atoms with Gasteiger partial charge in [0.05, 0.1) is 29.7 Å². The molecule has 2 aliphatic rings. The van der Waals surface area contributed by atoms with Gasteiger partial charge in [0.25, 0.3) is 5.91 Å². The fourth-order valence-corrected chi connectivity index (χ4v) is 7.05. The van der Waals surface area contributed by atoms with Crippen molar-refractivity contribution in [2.45, 2.75) is 11.3 Å². The van der Waals surface area contributed by atoms with Gasteiger partial charge < -0.3 is 9.64 Å². The zero-order valence-corrected chi connectivity index (χ0v) is 15.8. The van der Waals surface area contributed by atoms with E-state index in [1.165, 1.54) is 18.9 Å². The van der Waals surface area contributed by atoms with Crippen LogP contribution in [0.25, 0.3) is 0 Å². The van der Waals surface area contributed by atoms with E-state index in [0.717, 1.165) is 0 Å². The molecule has 0 bridgehead atoms. The minimum Gasteiger partial charge on any atom is -0.495 e. The van der Waals surface area contributed by atoms with E-state index < -0.39 is 15.7 Å². The quantitative estimate of drug-likeness (QED) is 0.713. The molecule has 24 heavy (non-hydrogen) atoms. The standard InChI is InChI=1S/C14H14Cl2N2O4S2/c1-22-11-3-2-8(4-9(11)16)18-10-6-24(20,21)7-12(10)23-14(18)17-13(19)5-15/h2-4,10,12H,5-7H2,1H3/t10-,12+/m1/s1. The minimum absolute atomic E-state index is 0.0163. The van der Waals surface area contributed by atoms with Crippen molar-refractivity contribution >= 4 is 61.6 Å². The summed E-state index contributed by atoms with van der Waals surface area (Å²) in [4.78, 5) is 17.4. The summed E-state index contributed by atoms with van der Waals surface area (Å²) in [5.74, 6) is -0.0986. The van der Waals surface area contributed by atoms with E-state index >= 15 is 0 Å². The molecule has 130 valence electrons. The number of nitrogens with zero attached hydrogens (tertiary/aromatic N) is 2. The van der Waals surface area contributed by atoms with Crippen molar-refractivity contribution in [2.24, 2.45) is 4.99 Å². The number of hydrogen-bond acceptors (Lipinski definition) is 5. The molecule has 1 aromatic rings. The average Bonchev–Trinajstić information content (AvgIpc) is 2.97. The molecular formula is C14H14Cl2N2O4S2. The number of aliphatic imine (C=N–C) groups is 1. The van der Waals surface area contributed by atoms with Crippen molar-refractivity contribution in [3.05, 3.63) is 23.2 Å². The Labute approximate surface area is 154 Å². The van der Waals surface area contributed by atoms with E-state index in [1.807, 2.05) is 0 Å². The summed E-state index contributed by atoms with van der Waals surface area (Å²) in [7, 11) is -1.60. The molecule has 2 saturated heterocycles. The number of thioether (sulfide) groups is 1. The molecule has 0 radical (unpaired) electrons. The van der Waals surface area contributed by atoms with Crippen LogP contribution in [0.4, 0.5) is 5.69 Å². The lowest BCUT2D eigenvalue weighted by Gasteiger charge is -2.25. The van der Waals surface area contributed by atoms with Gasteiger partial charge in [0.1, 0.15) is 11.6 Å². The Balaban J connectivity index is 2.03. The number of halogens is 2. The third kappa shape index (κ3) is 3.37. The molecule has 2 atom stereocenters. The summed E-state index contributed by atoms with van der Waals surface area (Å²) in [6, 6.07) is 4.85. The molecule has 6 nitrogen and oxygen atoms in total. The Morgan fingerprint density at radius 1 is 1.46 bits per heavy atom. The van der Waals surface area contributed by atoms with Crippen molar-refractivity contribution in [2.75, 3.05) is 29.4 Å². The van der Waals surface area contributed by atoms with E-state index in [2.05, 4.69) is 4.99 Å². The van der Waals surface area contributed by atoms with Crippen LogP contribution in [-0.4, -0.2) is 55.3 Å². The first kappa shape index (κ1) is 17.8. The van der Waals surface area contributed by atoms with Gasteiger partial charge in [0.2, 0.25) is 0 Å². The van der Waals surface area contributed by atoms with E-state index in [9.17, 15) is 13.2 Å².